The van der Waals surface area contributed by atoms with Crippen molar-refractivity contribution in [3.63, 3.8) is 0 Å². The zero-order chi connectivity index (χ0) is 16.8. The SMILES string of the molecule is Cc1nc2cc(CC(=O)N(C)C3CCS(=O)(=O)C3)ccc2n1C. The summed E-state index contributed by atoms with van der Waals surface area (Å²) in [7, 11) is 0.670. The minimum absolute atomic E-state index is 0.0564. The third-order valence-corrected chi connectivity index (χ3v) is 6.42. The number of hydrogen-bond acceptors (Lipinski definition) is 4. The summed E-state index contributed by atoms with van der Waals surface area (Å²) >= 11 is 0. The summed E-state index contributed by atoms with van der Waals surface area (Å²) in [6, 6.07) is 5.63. The molecule has 1 aliphatic heterocycles. The van der Waals surface area contributed by atoms with E-state index in [1.54, 1.807) is 11.9 Å². The molecule has 1 atom stereocenters. The lowest BCUT2D eigenvalue weighted by Gasteiger charge is -2.23. The van der Waals surface area contributed by atoms with E-state index < -0.39 is 9.84 Å². The van der Waals surface area contributed by atoms with E-state index in [4.69, 9.17) is 0 Å². The Morgan fingerprint density at radius 1 is 1.43 bits per heavy atom. The van der Waals surface area contributed by atoms with E-state index in [1.807, 2.05) is 36.7 Å². The van der Waals surface area contributed by atoms with Gasteiger partial charge >= 0.3 is 0 Å². The first-order valence-corrected chi connectivity index (χ1v) is 9.47. The molecule has 7 heteroatoms. The Morgan fingerprint density at radius 2 is 2.17 bits per heavy atom. The summed E-state index contributed by atoms with van der Waals surface area (Å²) in [5, 5.41) is 0. The van der Waals surface area contributed by atoms with E-state index >= 15 is 0 Å². The molecule has 1 aromatic carbocycles. The van der Waals surface area contributed by atoms with Crippen LogP contribution in [0.15, 0.2) is 18.2 Å². The van der Waals surface area contributed by atoms with Gasteiger partial charge in [0.15, 0.2) is 9.84 Å². The Kier molecular flexibility index (Phi) is 3.91. The molecular weight excluding hydrogens is 314 g/mol. The van der Waals surface area contributed by atoms with Gasteiger partial charge in [0, 0.05) is 20.1 Å². The predicted molar refractivity (Wildman–Crippen MR) is 89.0 cm³/mol. The van der Waals surface area contributed by atoms with Gasteiger partial charge in [-0.3, -0.25) is 4.79 Å². The van der Waals surface area contributed by atoms with Crippen molar-refractivity contribution < 1.29 is 13.2 Å². The summed E-state index contributed by atoms with van der Waals surface area (Å²) < 4.78 is 25.1. The first-order valence-electron chi connectivity index (χ1n) is 7.65. The molecule has 0 N–H and O–H groups in total. The van der Waals surface area contributed by atoms with Crippen LogP contribution in [0.1, 0.15) is 17.8 Å². The molecule has 1 saturated heterocycles. The van der Waals surface area contributed by atoms with Crippen LogP contribution in [0.3, 0.4) is 0 Å². The smallest absolute Gasteiger partial charge is 0.227 e. The average Bonchev–Trinajstić information content (AvgIpc) is 2.98. The van der Waals surface area contributed by atoms with Gasteiger partial charge in [0.2, 0.25) is 5.91 Å². The number of sulfone groups is 1. The number of carbonyl (C=O) groups is 1. The number of likely N-dealkylation sites (N-methyl/N-ethyl adjacent to an activating group) is 1. The van der Waals surface area contributed by atoms with Crippen molar-refractivity contribution in [3.8, 4) is 0 Å². The first kappa shape index (κ1) is 16.0. The third kappa shape index (κ3) is 3.10. The Balaban J connectivity index is 1.75. The van der Waals surface area contributed by atoms with Crippen molar-refractivity contribution in [1.29, 1.82) is 0 Å². The normalized spacial score (nSPS) is 20.0. The number of hydrogen-bond donors (Lipinski definition) is 0. The predicted octanol–water partition coefficient (Wildman–Crippen LogP) is 1.07. The standard InChI is InChI=1S/C16H21N3O3S/c1-11-17-14-8-12(4-5-15(14)18(11)2)9-16(20)19(3)13-6-7-23(21,22)10-13/h4-5,8,13H,6-7,9-10H2,1-3H3. The molecule has 23 heavy (non-hydrogen) atoms. The molecule has 0 spiro atoms. The third-order valence-electron chi connectivity index (χ3n) is 4.67. The molecule has 2 heterocycles. The lowest BCUT2D eigenvalue weighted by atomic mass is 10.1. The van der Waals surface area contributed by atoms with Crippen molar-refractivity contribution in [2.24, 2.45) is 7.05 Å². The fraction of sp³-hybridized carbons (Fsp3) is 0.500. The summed E-state index contributed by atoms with van der Waals surface area (Å²) in [6.07, 6.45) is 0.793. The van der Waals surface area contributed by atoms with Crippen LogP contribution in [0.5, 0.6) is 0 Å². The minimum atomic E-state index is -2.98. The molecule has 1 unspecified atom stereocenters. The zero-order valence-corrected chi connectivity index (χ0v) is 14.4. The van der Waals surface area contributed by atoms with Crippen LogP contribution >= 0.6 is 0 Å². The second-order valence-corrected chi connectivity index (χ2v) is 8.51. The Bertz CT molecular complexity index is 870. The van der Waals surface area contributed by atoms with Crippen LogP contribution in [0, 0.1) is 6.92 Å². The average molecular weight is 335 g/mol. The fourth-order valence-electron chi connectivity index (χ4n) is 3.06. The highest BCUT2D eigenvalue weighted by Crippen LogP contribution is 2.19. The molecule has 1 fully saturated rings. The van der Waals surface area contributed by atoms with Crippen LogP contribution in [0.25, 0.3) is 11.0 Å². The van der Waals surface area contributed by atoms with Crippen LogP contribution in [0.4, 0.5) is 0 Å². The molecule has 1 aliphatic rings. The molecule has 6 nitrogen and oxygen atoms in total. The number of benzene rings is 1. The number of nitrogens with zero attached hydrogens (tertiary/aromatic N) is 3. The molecule has 124 valence electrons. The second kappa shape index (κ2) is 5.63. The summed E-state index contributed by atoms with van der Waals surface area (Å²) in [4.78, 5) is 18.5. The summed E-state index contributed by atoms with van der Waals surface area (Å²) in [5.74, 6) is 1.12. The van der Waals surface area contributed by atoms with Gasteiger partial charge in [-0.2, -0.15) is 0 Å². The van der Waals surface area contributed by atoms with Crippen molar-refractivity contribution in [2.45, 2.75) is 25.8 Å². The van der Waals surface area contributed by atoms with E-state index in [-0.39, 0.29) is 29.9 Å². The summed E-state index contributed by atoms with van der Waals surface area (Å²) in [6.45, 7) is 1.94. The molecule has 0 radical (unpaired) electrons. The van der Waals surface area contributed by atoms with Gasteiger partial charge in [0.05, 0.1) is 29.0 Å². The van der Waals surface area contributed by atoms with Gasteiger partial charge in [-0.25, -0.2) is 13.4 Å². The van der Waals surface area contributed by atoms with Gasteiger partial charge in [0.25, 0.3) is 0 Å². The lowest BCUT2D eigenvalue weighted by Crippen LogP contribution is -2.38. The minimum Gasteiger partial charge on any atom is -0.341 e. The van der Waals surface area contributed by atoms with Crippen molar-refractivity contribution >= 4 is 26.8 Å². The number of aryl methyl sites for hydroxylation is 2. The number of imidazole rings is 1. The highest BCUT2D eigenvalue weighted by atomic mass is 32.2. The van der Waals surface area contributed by atoms with Crippen molar-refractivity contribution in [3.05, 3.63) is 29.6 Å². The summed E-state index contributed by atoms with van der Waals surface area (Å²) in [5.41, 5.74) is 2.81. The van der Waals surface area contributed by atoms with Crippen LogP contribution in [0.2, 0.25) is 0 Å². The molecular formula is C16H21N3O3S. The Labute approximate surface area is 136 Å². The van der Waals surface area contributed by atoms with E-state index in [2.05, 4.69) is 4.98 Å². The van der Waals surface area contributed by atoms with Crippen LogP contribution < -0.4 is 0 Å². The van der Waals surface area contributed by atoms with E-state index in [1.165, 1.54) is 0 Å². The number of carbonyl (C=O) groups excluding carboxylic acids is 1. The number of aromatic nitrogens is 2. The van der Waals surface area contributed by atoms with E-state index in [9.17, 15) is 13.2 Å². The van der Waals surface area contributed by atoms with Crippen molar-refractivity contribution in [1.82, 2.24) is 14.5 Å². The van der Waals surface area contributed by atoms with Gasteiger partial charge in [0.1, 0.15) is 5.82 Å². The van der Waals surface area contributed by atoms with E-state index in [0.29, 0.717) is 6.42 Å². The van der Waals surface area contributed by atoms with Crippen LogP contribution in [-0.2, 0) is 28.1 Å². The Hall–Kier alpha value is -1.89. The maximum absolute atomic E-state index is 12.4. The quantitative estimate of drug-likeness (QED) is 0.841. The lowest BCUT2D eigenvalue weighted by molar-refractivity contribution is -0.130. The Morgan fingerprint density at radius 3 is 2.83 bits per heavy atom. The molecule has 2 aromatic rings. The molecule has 1 aromatic heterocycles. The highest BCUT2D eigenvalue weighted by molar-refractivity contribution is 7.91. The zero-order valence-electron chi connectivity index (χ0n) is 13.6. The van der Waals surface area contributed by atoms with Gasteiger partial charge in [-0.05, 0) is 31.0 Å². The first-order chi connectivity index (χ1) is 10.8. The maximum atomic E-state index is 12.4. The fourth-order valence-corrected chi connectivity index (χ4v) is 4.83. The number of fused-ring (bicyclic) bond motifs is 1. The maximum Gasteiger partial charge on any atom is 0.227 e. The van der Waals surface area contributed by atoms with E-state index in [0.717, 1.165) is 22.4 Å². The second-order valence-electron chi connectivity index (χ2n) is 6.28. The van der Waals surface area contributed by atoms with Gasteiger partial charge in [-0.1, -0.05) is 6.07 Å². The highest BCUT2D eigenvalue weighted by Gasteiger charge is 2.32. The van der Waals surface area contributed by atoms with Gasteiger partial charge < -0.3 is 9.47 Å². The van der Waals surface area contributed by atoms with Crippen LogP contribution in [-0.4, -0.2) is 53.4 Å². The number of rotatable bonds is 3. The molecule has 0 saturated carbocycles. The molecule has 1 amide bonds. The van der Waals surface area contributed by atoms with Crippen molar-refractivity contribution in [2.75, 3.05) is 18.6 Å². The number of amides is 1. The topological polar surface area (TPSA) is 72.3 Å². The molecule has 0 aliphatic carbocycles. The van der Waals surface area contributed by atoms with Gasteiger partial charge in [-0.15, -0.1) is 0 Å². The molecule has 0 bridgehead atoms. The largest absolute Gasteiger partial charge is 0.341 e. The monoisotopic (exact) mass is 335 g/mol. The molecule has 3 rings (SSSR count).